The van der Waals surface area contributed by atoms with Gasteiger partial charge in [0.1, 0.15) is 18.8 Å². The largest absolute Gasteiger partial charge is 0.674 e. The molecule has 3 N–H and O–H groups in total. The summed E-state index contributed by atoms with van der Waals surface area (Å²) in [5.74, 6) is -1.20. The van der Waals surface area contributed by atoms with Gasteiger partial charge in [-0.25, -0.2) is 9.18 Å². The molecular formula is C21H19AcF7N3O4-. The molecule has 1 radical (unpaired) electrons. The summed E-state index contributed by atoms with van der Waals surface area (Å²) in [4.78, 5) is 12.9. The second-order valence-electron chi connectivity index (χ2n) is 7.58. The second kappa shape index (κ2) is 12.2. The first-order valence-corrected chi connectivity index (χ1v) is 10.0. The number of anilines is 2. The van der Waals surface area contributed by atoms with E-state index in [1.807, 2.05) is 0 Å². The molecule has 2 atom stereocenters. The Morgan fingerprint density at radius 3 is 2.22 bits per heavy atom. The Morgan fingerprint density at radius 1 is 1.11 bits per heavy atom. The van der Waals surface area contributed by atoms with Crippen molar-refractivity contribution in [1.29, 1.82) is 0 Å². The maximum absolute atomic E-state index is 14.4. The van der Waals surface area contributed by atoms with E-state index < -0.39 is 66.4 Å². The fourth-order valence-electron chi connectivity index (χ4n) is 3.15. The zero-order valence-corrected chi connectivity index (χ0v) is 23.0. The Kier molecular flexibility index (Phi) is 10.3. The van der Waals surface area contributed by atoms with Crippen LogP contribution in [0, 0.1) is 49.9 Å². The summed E-state index contributed by atoms with van der Waals surface area (Å²) >= 11 is 0. The number of amides is 1. The number of aliphatic hydroxyl groups is 1. The van der Waals surface area contributed by atoms with Crippen molar-refractivity contribution in [2.75, 3.05) is 36.5 Å². The Hall–Kier alpha value is -1.82. The van der Waals surface area contributed by atoms with Crippen LogP contribution in [-0.4, -0.2) is 49.6 Å². The van der Waals surface area contributed by atoms with Gasteiger partial charge in [0.25, 0.3) is 0 Å². The van der Waals surface area contributed by atoms with Gasteiger partial charge in [0.05, 0.1) is 23.4 Å². The first kappa shape index (κ1) is 30.4. The van der Waals surface area contributed by atoms with E-state index in [-0.39, 0.29) is 74.7 Å². The van der Waals surface area contributed by atoms with Gasteiger partial charge in [-0.1, -0.05) is 0 Å². The Bertz CT molecular complexity index is 1040. The molecule has 36 heavy (non-hydrogen) atoms. The van der Waals surface area contributed by atoms with Crippen LogP contribution in [0.5, 0.6) is 5.75 Å². The average molecular weight is 737 g/mol. The van der Waals surface area contributed by atoms with Crippen LogP contribution in [0.3, 0.4) is 0 Å². The average Bonchev–Trinajstić information content (AvgIpc) is 3.16. The predicted molar refractivity (Wildman–Crippen MR) is 110 cm³/mol. The van der Waals surface area contributed by atoms with Crippen LogP contribution in [0.25, 0.3) is 5.73 Å². The molecule has 1 amide bonds. The standard InChI is InChI=1S/C21H19F7N3O4.Ac/c22-17-6-14(31-9-16(7-29)35-19(31)33)1-2-18(17)34-10-15(32)8-30-13-4-11(20(23,24)25)3-12(5-13)21(26,27)28;/h1-6,15-16,29-30,32H,7-10H2;/q-1;/t15?,16-;/m1./s1. The molecule has 0 aromatic heterocycles. The quantitative estimate of drug-likeness (QED) is 0.369. The number of nitrogens with zero attached hydrogens (tertiary/aromatic N) is 1. The SMILES string of the molecule is [Ac].[NH-]C[C@@H]1CN(c2ccc(OCC(O)CNc3cc(C(F)(F)F)cc(C(F)(F)F)c3)c(F)c2)C(=O)O1. The number of benzene rings is 2. The van der Waals surface area contributed by atoms with Crippen molar-refractivity contribution in [3.63, 3.8) is 0 Å². The van der Waals surface area contributed by atoms with E-state index in [1.165, 1.54) is 12.1 Å². The van der Waals surface area contributed by atoms with Crippen molar-refractivity contribution in [3.05, 3.63) is 59.1 Å². The molecule has 15 heteroatoms. The fraction of sp³-hybridized carbons (Fsp3) is 0.381. The third-order valence-corrected chi connectivity index (χ3v) is 4.89. The van der Waals surface area contributed by atoms with Crippen LogP contribution < -0.4 is 15.0 Å². The van der Waals surface area contributed by atoms with Crippen LogP contribution in [0.1, 0.15) is 11.1 Å². The molecule has 0 aliphatic carbocycles. The number of halogens is 7. The molecule has 0 saturated carbocycles. The van der Waals surface area contributed by atoms with Crippen LogP contribution in [0.4, 0.5) is 46.9 Å². The first-order chi connectivity index (χ1) is 16.3. The molecule has 0 spiro atoms. The number of hydrogen-bond acceptors (Lipinski definition) is 5. The molecule has 1 fully saturated rings. The summed E-state index contributed by atoms with van der Waals surface area (Å²) in [6.45, 7) is -1.12. The van der Waals surface area contributed by atoms with E-state index in [9.17, 15) is 40.6 Å². The van der Waals surface area contributed by atoms with E-state index in [2.05, 4.69) is 5.32 Å². The van der Waals surface area contributed by atoms with Gasteiger partial charge in [0, 0.05) is 62.4 Å². The van der Waals surface area contributed by atoms with Gasteiger partial charge >= 0.3 is 18.4 Å². The van der Waals surface area contributed by atoms with Crippen LogP contribution >= 0.6 is 0 Å². The maximum atomic E-state index is 14.4. The van der Waals surface area contributed by atoms with Gasteiger partial charge < -0.3 is 25.6 Å². The van der Waals surface area contributed by atoms with Gasteiger partial charge in [0.15, 0.2) is 11.6 Å². The molecule has 1 heterocycles. The second-order valence-corrected chi connectivity index (χ2v) is 7.58. The number of rotatable bonds is 8. The number of aliphatic hydroxyl groups excluding tert-OH is 1. The van der Waals surface area contributed by atoms with E-state index in [0.29, 0.717) is 12.1 Å². The molecule has 1 unspecified atom stereocenters. The van der Waals surface area contributed by atoms with Crippen LogP contribution in [0.15, 0.2) is 36.4 Å². The van der Waals surface area contributed by atoms with E-state index >= 15 is 0 Å². The number of carbonyl (C=O) groups is 1. The minimum atomic E-state index is -5.02. The molecule has 7 nitrogen and oxygen atoms in total. The fourth-order valence-corrected chi connectivity index (χ4v) is 3.15. The number of alkyl halides is 6. The third-order valence-electron chi connectivity index (χ3n) is 4.89. The van der Waals surface area contributed by atoms with Gasteiger partial charge in [-0.15, -0.1) is 6.54 Å². The predicted octanol–water partition coefficient (Wildman–Crippen LogP) is 5.09. The summed E-state index contributed by atoms with van der Waals surface area (Å²) in [7, 11) is 0. The van der Waals surface area contributed by atoms with Crippen molar-refractivity contribution in [2.45, 2.75) is 24.6 Å². The molecule has 195 valence electrons. The smallest absolute Gasteiger partial charge is 0.416 e. The first-order valence-electron chi connectivity index (χ1n) is 10.0. The van der Waals surface area contributed by atoms with E-state index in [0.717, 1.165) is 11.0 Å². The monoisotopic (exact) mass is 737 g/mol. The summed E-state index contributed by atoms with van der Waals surface area (Å²) < 4.78 is 102. The zero-order chi connectivity index (χ0) is 26.0. The van der Waals surface area contributed by atoms with Gasteiger partial charge in [0.2, 0.25) is 0 Å². The molecule has 1 saturated heterocycles. The Balaban J connectivity index is 0.00000456. The molecule has 2 aromatic carbocycles. The topological polar surface area (TPSA) is 94.8 Å². The van der Waals surface area contributed by atoms with E-state index in [4.69, 9.17) is 15.2 Å². The number of carbonyl (C=O) groups excluding carboxylic acids is 1. The van der Waals surface area contributed by atoms with Crippen molar-refractivity contribution in [2.24, 2.45) is 0 Å². The van der Waals surface area contributed by atoms with Crippen molar-refractivity contribution in [3.8, 4) is 5.75 Å². The maximum Gasteiger partial charge on any atom is 0.416 e. The number of cyclic esters (lactones) is 1. The minimum Gasteiger partial charge on any atom is -0.674 e. The molecule has 2 aromatic rings. The molecule has 1 aliphatic rings. The van der Waals surface area contributed by atoms with Crippen molar-refractivity contribution in [1.82, 2.24) is 0 Å². The zero-order valence-electron chi connectivity index (χ0n) is 18.3. The summed E-state index contributed by atoms with van der Waals surface area (Å²) in [5, 5.41) is 12.3. The van der Waals surface area contributed by atoms with Crippen molar-refractivity contribution >= 4 is 17.5 Å². The van der Waals surface area contributed by atoms with Crippen LogP contribution in [-0.2, 0) is 17.1 Å². The Labute approximate surface area is 236 Å². The molecule has 1 aliphatic heterocycles. The Morgan fingerprint density at radius 2 is 1.72 bits per heavy atom. The normalized spacial score (nSPS) is 16.9. The number of hydrogen-bond donors (Lipinski definition) is 2. The minimum absolute atomic E-state index is 0. The molecule has 3 rings (SSSR count). The van der Waals surface area contributed by atoms with Crippen LogP contribution in [0.2, 0.25) is 0 Å². The summed E-state index contributed by atoms with van der Waals surface area (Å²) in [6, 6.07) is 4.42. The van der Waals surface area contributed by atoms with E-state index in [1.54, 1.807) is 0 Å². The summed E-state index contributed by atoms with van der Waals surface area (Å²) in [6.07, 6.45) is -12.8. The van der Waals surface area contributed by atoms with Crippen molar-refractivity contribution < 1.29 is 94.2 Å². The van der Waals surface area contributed by atoms with Gasteiger partial charge in [-0.05, 0) is 30.3 Å². The third kappa shape index (κ3) is 7.84. The van der Waals surface area contributed by atoms with Gasteiger partial charge in [-0.3, -0.25) is 4.90 Å². The van der Waals surface area contributed by atoms with Gasteiger partial charge in [-0.2, -0.15) is 26.3 Å². The molecular weight excluding hydrogens is 718 g/mol. The molecule has 0 bridgehead atoms. The number of nitrogens with one attached hydrogen (secondary N) is 2. The number of ether oxygens (including phenoxy) is 2. The summed E-state index contributed by atoms with van der Waals surface area (Å²) in [5.41, 5.74) is 3.85.